The van der Waals surface area contributed by atoms with E-state index in [1.165, 1.54) is 45.2 Å². The molecule has 0 bridgehead atoms. The van der Waals surface area contributed by atoms with Crippen molar-refractivity contribution in [1.29, 1.82) is 0 Å². The number of hydrogen-bond acceptors (Lipinski definition) is 2. The molecule has 1 fully saturated rings. The lowest BCUT2D eigenvalue weighted by atomic mass is 9.97. The SMILES string of the molecule is CCCNC(CN(C)C)C1CCCC1. The Labute approximate surface area is 89.1 Å². The fourth-order valence-electron chi connectivity index (χ4n) is 2.46. The van der Waals surface area contributed by atoms with Crippen molar-refractivity contribution >= 4 is 0 Å². The van der Waals surface area contributed by atoms with Crippen LogP contribution in [0.3, 0.4) is 0 Å². The average Bonchev–Trinajstić information content (AvgIpc) is 2.64. The molecule has 84 valence electrons. The number of rotatable bonds is 6. The lowest BCUT2D eigenvalue weighted by Gasteiger charge is -2.27. The summed E-state index contributed by atoms with van der Waals surface area (Å²) < 4.78 is 0. The van der Waals surface area contributed by atoms with Crippen LogP contribution in [0.4, 0.5) is 0 Å². The van der Waals surface area contributed by atoms with Gasteiger partial charge in [0.2, 0.25) is 0 Å². The smallest absolute Gasteiger partial charge is 0.0222 e. The molecule has 1 rings (SSSR count). The Morgan fingerprint density at radius 1 is 1.29 bits per heavy atom. The van der Waals surface area contributed by atoms with Gasteiger partial charge in [0.15, 0.2) is 0 Å². The molecule has 0 radical (unpaired) electrons. The molecule has 0 amide bonds. The van der Waals surface area contributed by atoms with Crippen LogP contribution in [0.1, 0.15) is 39.0 Å². The van der Waals surface area contributed by atoms with E-state index in [4.69, 9.17) is 0 Å². The summed E-state index contributed by atoms with van der Waals surface area (Å²) in [4.78, 5) is 2.31. The number of nitrogens with one attached hydrogen (secondary N) is 1. The van der Waals surface area contributed by atoms with Crippen molar-refractivity contribution < 1.29 is 0 Å². The van der Waals surface area contributed by atoms with Crippen LogP contribution >= 0.6 is 0 Å². The van der Waals surface area contributed by atoms with Gasteiger partial charge in [-0.3, -0.25) is 0 Å². The molecule has 0 spiro atoms. The lowest BCUT2D eigenvalue weighted by Crippen LogP contribution is -2.43. The van der Waals surface area contributed by atoms with Crippen LogP contribution in [0.2, 0.25) is 0 Å². The van der Waals surface area contributed by atoms with Crippen molar-refractivity contribution in [2.75, 3.05) is 27.2 Å². The van der Waals surface area contributed by atoms with Crippen molar-refractivity contribution in [3.63, 3.8) is 0 Å². The summed E-state index contributed by atoms with van der Waals surface area (Å²) in [6.45, 7) is 4.62. The zero-order valence-corrected chi connectivity index (χ0v) is 10.1. The topological polar surface area (TPSA) is 15.3 Å². The molecule has 0 aromatic rings. The molecule has 2 heteroatoms. The molecule has 1 unspecified atom stereocenters. The second kappa shape index (κ2) is 6.41. The van der Waals surface area contributed by atoms with Crippen LogP contribution in [0, 0.1) is 5.92 Å². The predicted octanol–water partition coefficient (Wildman–Crippen LogP) is 2.11. The zero-order chi connectivity index (χ0) is 10.4. The van der Waals surface area contributed by atoms with E-state index in [1.807, 2.05) is 0 Å². The van der Waals surface area contributed by atoms with Crippen LogP contribution < -0.4 is 5.32 Å². The average molecular weight is 198 g/mol. The third-order valence-corrected chi connectivity index (χ3v) is 3.19. The van der Waals surface area contributed by atoms with Crippen molar-refractivity contribution in [2.24, 2.45) is 5.92 Å². The fourth-order valence-corrected chi connectivity index (χ4v) is 2.46. The minimum Gasteiger partial charge on any atom is -0.312 e. The van der Waals surface area contributed by atoms with Gasteiger partial charge in [0.1, 0.15) is 0 Å². The maximum absolute atomic E-state index is 3.70. The maximum atomic E-state index is 3.70. The van der Waals surface area contributed by atoms with E-state index < -0.39 is 0 Å². The van der Waals surface area contributed by atoms with Gasteiger partial charge in [-0.2, -0.15) is 0 Å². The summed E-state index contributed by atoms with van der Waals surface area (Å²) in [7, 11) is 4.35. The highest BCUT2D eigenvalue weighted by Gasteiger charge is 2.24. The van der Waals surface area contributed by atoms with Crippen molar-refractivity contribution in [2.45, 2.75) is 45.1 Å². The molecular weight excluding hydrogens is 172 g/mol. The molecule has 14 heavy (non-hydrogen) atoms. The molecule has 0 aromatic heterocycles. The number of likely N-dealkylation sites (N-methyl/N-ethyl adjacent to an activating group) is 1. The van der Waals surface area contributed by atoms with Gasteiger partial charge in [0.25, 0.3) is 0 Å². The summed E-state index contributed by atoms with van der Waals surface area (Å²) in [5.74, 6) is 0.934. The van der Waals surface area contributed by atoms with Crippen LogP contribution in [0.25, 0.3) is 0 Å². The van der Waals surface area contributed by atoms with Crippen LogP contribution in [0.5, 0.6) is 0 Å². The highest BCUT2D eigenvalue weighted by Crippen LogP contribution is 2.27. The molecular formula is C12H26N2. The molecule has 1 N–H and O–H groups in total. The highest BCUT2D eigenvalue weighted by molar-refractivity contribution is 4.82. The number of hydrogen-bond donors (Lipinski definition) is 1. The van der Waals surface area contributed by atoms with Gasteiger partial charge < -0.3 is 10.2 Å². The van der Waals surface area contributed by atoms with Gasteiger partial charge in [-0.15, -0.1) is 0 Å². The largest absolute Gasteiger partial charge is 0.312 e. The summed E-state index contributed by atoms with van der Waals surface area (Å²) in [5.41, 5.74) is 0. The quantitative estimate of drug-likeness (QED) is 0.703. The summed E-state index contributed by atoms with van der Waals surface area (Å²) in [6, 6.07) is 0.729. The Morgan fingerprint density at radius 3 is 2.43 bits per heavy atom. The first-order chi connectivity index (χ1) is 6.74. The molecule has 1 atom stereocenters. The van der Waals surface area contributed by atoms with Gasteiger partial charge in [-0.25, -0.2) is 0 Å². The van der Waals surface area contributed by atoms with Gasteiger partial charge >= 0.3 is 0 Å². The predicted molar refractivity (Wildman–Crippen MR) is 62.6 cm³/mol. The Hall–Kier alpha value is -0.0800. The van der Waals surface area contributed by atoms with E-state index in [9.17, 15) is 0 Å². The van der Waals surface area contributed by atoms with Crippen LogP contribution in [0.15, 0.2) is 0 Å². The van der Waals surface area contributed by atoms with Crippen molar-refractivity contribution in [3.05, 3.63) is 0 Å². The van der Waals surface area contributed by atoms with E-state index in [0.717, 1.165) is 12.0 Å². The molecule has 0 heterocycles. The Kier molecular flexibility index (Phi) is 5.49. The van der Waals surface area contributed by atoms with E-state index in [-0.39, 0.29) is 0 Å². The Morgan fingerprint density at radius 2 is 1.93 bits per heavy atom. The standard InChI is InChI=1S/C12H26N2/c1-4-9-13-12(10-14(2)3)11-7-5-6-8-11/h11-13H,4-10H2,1-3H3. The van der Waals surface area contributed by atoms with Gasteiger partial charge in [0.05, 0.1) is 0 Å². The monoisotopic (exact) mass is 198 g/mol. The second-order valence-electron chi connectivity index (χ2n) is 4.87. The Balaban J connectivity index is 2.34. The summed E-state index contributed by atoms with van der Waals surface area (Å²) >= 11 is 0. The molecule has 1 aliphatic carbocycles. The summed E-state index contributed by atoms with van der Waals surface area (Å²) in [5, 5.41) is 3.70. The third-order valence-electron chi connectivity index (χ3n) is 3.19. The number of nitrogens with zero attached hydrogens (tertiary/aromatic N) is 1. The van der Waals surface area contributed by atoms with E-state index >= 15 is 0 Å². The molecule has 0 aliphatic heterocycles. The van der Waals surface area contributed by atoms with Gasteiger partial charge in [-0.1, -0.05) is 19.8 Å². The molecule has 1 saturated carbocycles. The third kappa shape index (κ3) is 3.97. The lowest BCUT2D eigenvalue weighted by molar-refractivity contribution is 0.270. The molecule has 0 saturated heterocycles. The molecule has 2 nitrogen and oxygen atoms in total. The fraction of sp³-hybridized carbons (Fsp3) is 1.00. The van der Waals surface area contributed by atoms with E-state index in [1.54, 1.807) is 0 Å². The highest BCUT2D eigenvalue weighted by atomic mass is 15.1. The first kappa shape index (κ1) is 12.0. The van der Waals surface area contributed by atoms with Crippen LogP contribution in [-0.2, 0) is 0 Å². The minimum absolute atomic E-state index is 0.729. The maximum Gasteiger partial charge on any atom is 0.0222 e. The first-order valence-corrected chi connectivity index (χ1v) is 6.12. The molecule has 1 aliphatic rings. The van der Waals surface area contributed by atoms with Gasteiger partial charge in [-0.05, 0) is 45.8 Å². The summed E-state index contributed by atoms with van der Waals surface area (Å²) in [6.07, 6.45) is 7.02. The van der Waals surface area contributed by atoms with E-state index in [2.05, 4.69) is 31.2 Å². The second-order valence-corrected chi connectivity index (χ2v) is 4.87. The van der Waals surface area contributed by atoms with Crippen molar-refractivity contribution in [3.8, 4) is 0 Å². The zero-order valence-electron chi connectivity index (χ0n) is 10.1. The normalized spacial score (nSPS) is 20.6. The minimum atomic E-state index is 0.729. The Bertz CT molecular complexity index is 139. The van der Waals surface area contributed by atoms with Gasteiger partial charge in [0, 0.05) is 12.6 Å². The van der Waals surface area contributed by atoms with Crippen LogP contribution in [-0.4, -0.2) is 38.1 Å². The molecule has 0 aromatic carbocycles. The first-order valence-electron chi connectivity index (χ1n) is 6.12. The van der Waals surface area contributed by atoms with Crippen molar-refractivity contribution in [1.82, 2.24) is 10.2 Å². The van der Waals surface area contributed by atoms with E-state index in [0.29, 0.717) is 0 Å².